The summed E-state index contributed by atoms with van der Waals surface area (Å²) in [5.41, 5.74) is 0. The monoisotopic (exact) mass is 278 g/mol. The SMILES string of the molecule is CC(C)=O.CCCCCC.CCOC(C)=O.O=CO. The van der Waals surface area contributed by atoms with Gasteiger partial charge in [-0.25, -0.2) is 0 Å². The van der Waals surface area contributed by atoms with E-state index < -0.39 is 0 Å². The average molecular weight is 278 g/mol. The van der Waals surface area contributed by atoms with Gasteiger partial charge < -0.3 is 14.6 Å². The zero-order chi connectivity index (χ0) is 16.1. The van der Waals surface area contributed by atoms with Gasteiger partial charge in [-0.05, 0) is 20.8 Å². The number of esters is 1. The van der Waals surface area contributed by atoms with Gasteiger partial charge in [-0.2, -0.15) is 0 Å². The summed E-state index contributed by atoms with van der Waals surface area (Å²) in [5.74, 6) is -0.0440. The molecule has 1 N–H and O–H groups in total. The zero-order valence-corrected chi connectivity index (χ0v) is 13.2. The molecule has 0 aliphatic heterocycles. The van der Waals surface area contributed by atoms with Crippen molar-refractivity contribution < 1.29 is 24.2 Å². The summed E-state index contributed by atoms with van der Waals surface area (Å²) in [6.07, 6.45) is 5.54. The van der Waals surface area contributed by atoms with E-state index in [1.165, 1.54) is 46.5 Å². The van der Waals surface area contributed by atoms with Gasteiger partial charge in [-0.3, -0.25) is 9.59 Å². The van der Waals surface area contributed by atoms with Crippen LogP contribution in [-0.4, -0.2) is 29.9 Å². The highest BCUT2D eigenvalue weighted by atomic mass is 16.5. The molecular formula is C14H30O5. The fourth-order valence-electron chi connectivity index (χ4n) is 0.703. The van der Waals surface area contributed by atoms with Crippen LogP contribution in [0.2, 0.25) is 0 Å². The number of carbonyl (C=O) groups is 3. The summed E-state index contributed by atoms with van der Waals surface area (Å²) in [5, 5.41) is 6.89. The molecule has 0 spiro atoms. The van der Waals surface area contributed by atoms with Crippen LogP contribution in [0.4, 0.5) is 0 Å². The quantitative estimate of drug-likeness (QED) is 0.484. The van der Waals surface area contributed by atoms with Crippen molar-refractivity contribution in [2.24, 2.45) is 0 Å². The first-order valence-corrected chi connectivity index (χ1v) is 6.52. The third kappa shape index (κ3) is 167. The van der Waals surface area contributed by atoms with Crippen LogP contribution in [0.15, 0.2) is 0 Å². The van der Waals surface area contributed by atoms with Crippen LogP contribution in [-0.2, 0) is 19.1 Å². The van der Waals surface area contributed by atoms with E-state index in [2.05, 4.69) is 18.6 Å². The molecule has 0 aliphatic rings. The highest BCUT2D eigenvalue weighted by molar-refractivity contribution is 5.72. The number of carbonyl (C=O) groups excluding carboxylic acids is 2. The minimum atomic E-state index is -0.250. The molecule has 0 radical (unpaired) electrons. The van der Waals surface area contributed by atoms with Crippen molar-refractivity contribution in [3.8, 4) is 0 Å². The third-order valence-electron chi connectivity index (χ3n) is 1.30. The Labute approximate surface area is 117 Å². The Kier molecular flexibility index (Phi) is 41.5. The maximum atomic E-state index is 9.82. The van der Waals surface area contributed by atoms with Gasteiger partial charge in [0, 0.05) is 6.92 Å². The lowest BCUT2D eigenvalue weighted by Crippen LogP contribution is -1.95. The number of Topliss-reactive ketones (excluding diaryl/α,β-unsaturated/α-hetero) is 1. The first-order chi connectivity index (χ1) is 8.83. The number of carboxylic acid groups (broad SMARTS) is 1. The van der Waals surface area contributed by atoms with Crippen molar-refractivity contribution in [1.29, 1.82) is 0 Å². The Hall–Kier alpha value is -1.39. The molecule has 5 nitrogen and oxygen atoms in total. The van der Waals surface area contributed by atoms with E-state index in [9.17, 15) is 9.59 Å². The molecule has 0 atom stereocenters. The number of ether oxygens (including phenoxy) is 1. The Morgan fingerprint density at radius 1 is 1.00 bits per heavy atom. The normalized spacial score (nSPS) is 7.26. The Bertz CT molecular complexity index is 182. The number of ketones is 1. The van der Waals surface area contributed by atoms with Crippen molar-refractivity contribution in [2.45, 2.75) is 67.2 Å². The van der Waals surface area contributed by atoms with Gasteiger partial charge in [0.15, 0.2) is 0 Å². The van der Waals surface area contributed by atoms with Gasteiger partial charge in [0.05, 0.1) is 6.61 Å². The summed E-state index contributed by atoms with van der Waals surface area (Å²) >= 11 is 0. The number of rotatable bonds is 4. The number of hydrogen-bond acceptors (Lipinski definition) is 4. The maximum Gasteiger partial charge on any atom is 0.302 e. The zero-order valence-electron chi connectivity index (χ0n) is 13.2. The van der Waals surface area contributed by atoms with Crippen LogP contribution in [0, 0.1) is 0 Å². The van der Waals surface area contributed by atoms with E-state index in [1.54, 1.807) is 6.92 Å². The summed E-state index contributed by atoms with van der Waals surface area (Å²) in [6.45, 7) is 10.9. The van der Waals surface area contributed by atoms with Gasteiger partial charge in [0.2, 0.25) is 0 Å². The van der Waals surface area contributed by atoms with Gasteiger partial charge in [-0.1, -0.05) is 39.5 Å². The molecule has 0 aromatic rings. The second-order valence-electron chi connectivity index (χ2n) is 3.65. The van der Waals surface area contributed by atoms with Crippen molar-refractivity contribution in [3.05, 3.63) is 0 Å². The molecule has 0 aromatic carbocycles. The van der Waals surface area contributed by atoms with Crippen LogP contribution in [0.25, 0.3) is 0 Å². The molecule has 5 heteroatoms. The van der Waals surface area contributed by atoms with Crippen LogP contribution >= 0.6 is 0 Å². The van der Waals surface area contributed by atoms with Crippen LogP contribution in [0.5, 0.6) is 0 Å². The van der Waals surface area contributed by atoms with Crippen LogP contribution in [0.3, 0.4) is 0 Å². The van der Waals surface area contributed by atoms with Gasteiger partial charge >= 0.3 is 5.97 Å². The van der Waals surface area contributed by atoms with E-state index in [0.29, 0.717) is 6.61 Å². The molecule has 0 unspecified atom stereocenters. The highest BCUT2D eigenvalue weighted by Gasteiger charge is 1.81. The van der Waals surface area contributed by atoms with Crippen molar-refractivity contribution in [2.75, 3.05) is 6.61 Å². The van der Waals surface area contributed by atoms with Crippen LogP contribution in [0.1, 0.15) is 67.2 Å². The van der Waals surface area contributed by atoms with E-state index in [-0.39, 0.29) is 18.2 Å². The standard InChI is InChI=1S/C6H14.C4H8O2.C3H6O.CH2O2/c1-3-5-6-4-2;1-3-6-4(2)5;1-3(2)4;2-1-3/h3-6H2,1-2H3;3H2,1-2H3;1-2H3;1H,(H,2,3). The first kappa shape index (κ1) is 26.2. The Balaban J connectivity index is -0.0000000821. The number of hydrogen-bond donors (Lipinski definition) is 1. The van der Waals surface area contributed by atoms with Crippen molar-refractivity contribution in [1.82, 2.24) is 0 Å². The second-order valence-corrected chi connectivity index (χ2v) is 3.65. The van der Waals surface area contributed by atoms with Crippen molar-refractivity contribution in [3.63, 3.8) is 0 Å². The minimum absolute atomic E-state index is 0.167. The second kappa shape index (κ2) is 30.0. The molecule has 0 rings (SSSR count). The van der Waals surface area contributed by atoms with E-state index in [0.717, 1.165) is 0 Å². The van der Waals surface area contributed by atoms with Crippen LogP contribution < -0.4 is 0 Å². The molecule has 0 saturated carbocycles. The predicted molar refractivity (Wildman–Crippen MR) is 77.2 cm³/mol. The van der Waals surface area contributed by atoms with Crippen molar-refractivity contribution >= 4 is 18.2 Å². The lowest BCUT2D eigenvalue weighted by atomic mass is 10.2. The van der Waals surface area contributed by atoms with E-state index in [4.69, 9.17) is 9.90 Å². The summed E-state index contributed by atoms with van der Waals surface area (Å²) in [6, 6.07) is 0. The molecule has 0 bridgehead atoms. The van der Waals surface area contributed by atoms with E-state index in [1.807, 2.05) is 0 Å². The molecule has 0 amide bonds. The molecule has 19 heavy (non-hydrogen) atoms. The largest absolute Gasteiger partial charge is 0.483 e. The molecule has 0 aromatic heterocycles. The molecule has 0 fully saturated rings. The maximum absolute atomic E-state index is 9.82. The fraction of sp³-hybridized carbons (Fsp3) is 0.786. The lowest BCUT2D eigenvalue weighted by molar-refractivity contribution is -0.140. The first-order valence-electron chi connectivity index (χ1n) is 6.52. The highest BCUT2D eigenvalue weighted by Crippen LogP contribution is 1.95. The topological polar surface area (TPSA) is 80.7 Å². The lowest BCUT2D eigenvalue weighted by Gasteiger charge is -1.89. The summed E-state index contributed by atoms with van der Waals surface area (Å²) in [7, 11) is 0. The third-order valence-corrected chi connectivity index (χ3v) is 1.30. The molecule has 116 valence electrons. The van der Waals surface area contributed by atoms with E-state index >= 15 is 0 Å². The Morgan fingerprint density at radius 3 is 1.32 bits per heavy atom. The predicted octanol–water partition coefficient (Wildman–Crippen LogP) is 3.45. The molecule has 0 aliphatic carbocycles. The Morgan fingerprint density at radius 2 is 1.26 bits per heavy atom. The summed E-state index contributed by atoms with van der Waals surface area (Å²) < 4.78 is 4.40. The van der Waals surface area contributed by atoms with Gasteiger partial charge in [0.1, 0.15) is 5.78 Å². The molecule has 0 saturated heterocycles. The summed E-state index contributed by atoms with van der Waals surface area (Å²) in [4.78, 5) is 27.6. The van der Waals surface area contributed by atoms with Gasteiger partial charge in [-0.15, -0.1) is 0 Å². The average Bonchev–Trinajstić information content (AvgIpc) is 2.27. The smallest absolute Gasteiger partial charge is 0.302 e. The molecular weight excluding hydrogens is 248 g/mol. The van der Waals surface area contributed by atoms with Gasteiger partial charge in [0.25, 0.3) is 6.47 Å². The fourth-order valence-corrected chi connectivity index (χ4v) is 0.703. The minimum Gasteiger partial charge on any atom is -0.483 e. The molecule has 0 heterocycles. The number of unbranched alkanes of at least 4 members (excludes halogenated alkanes) is 3.